The average molecular weight is 187 g/mol. The van der Waals surface area contributed by atoms with Crippen LogP contribution in [0.4, 0.5) is 0 Å². The summed E-state index contributed by atoms with van der Waals surface area (Å²) >= 11 is 0. The number of nitrogens with zero attached hydrogens (tertiary/aromatic N) is 1. The van der Waals surface area contributed by atoms with Crippen molar-refractivity contribution in [2.45, 2.75) is 0 Å². The van der Waals surface area contributed by atoms with E-state index in [0.29, 0.717) is 0 Å². The fourth-order valence-electron chi connectivity index (χ4n) is 0. The predicted molar refractivity (Wildman–Crippen MR) is 21.8 cm³/mol. The minimum Gasteiger partial charge on any atom is -3.00 e. The molecule has 0 aromatic heterocycles. The third-order valence-electron chi connectivity index (χ3n) is 0. The van der Waals surface area contributed by atoms with Gasteiger partial charge in [0, 0.05) is 0 Å². The number of hydrogen-bond acceptors (Lipinski definition) is 0. The van der Waals surface area contributed by atoms with Crippen molar-refractivity contribution in [2.75, 3.05) is 0 Å². The molecule has 1 nitrogen and oxygen atoms in total. The van der Waals surface area contributed by atoms with Crippen molar-refractivity contribution in [3.05, 3.63) is 6.15 Å². The summed E-state index contributed by atoms with van der Waals surface area (Å²) in [5.41, 5.74) is 0. The molecule has 0 rings (SSSR count). The summed E-state index contributed by atoms with van der Waals surface area (Å²) in [6.45, 7) is 0. The zero-order valence-electron chi connectivity index (χ0n) is 2.05. The van der Waals surface area contributed by atoms with Crippen molar-refractivity contribution >= 4 is 53.1 Å². The van der Waals surface area contributed by atoms with Crippen molar-refractivity contribution in [2.24, 2.45) is 0 Å². The normalized spacial score (nSPS) is 0. The van der Waals surface area contributed by atoms with Gasteiger partial charge in [-0.2, -0.15) is 0 Å². The molecule has 0 aliphatic rings. The molecule has 0 spiro atoms. The van der Waals surface area contributed by atoms with E-state index in [1.807, 2.05) is 0 Å². The monoisotopic (exact) mass is 187 g/mol. The van der Waals surface area contributed by atoms with Gasteiger partial charge in [-0.1, -0.05) is 0 Å². The molecular formula is AlInNP. The van der Waals surface area contributed by atoms with Gasteiger partial charge in [0.1, 0.15) is 0 Å². The van der Waals surface area contributed by atoms with Crippen LogP contribution in [0, 0.1) is 0 Å². The second-order valence-corrected chi connectivity index (χ2v) is 0. The van der Waals surface area contributed by atoms with Gasteiger partial charge < -0.3 is 16.0 Å². The van der Waals surface area contributed by atoms with Gasteiger partial charge >= 0.3 is 43.2 Å². The van der Waals surface area contributed by atoms with Crippen LogP contribution < -0.4 is 0 Å². The van der Waals surface area contributed by atoms with Crippen LogP contribution in [0.5, 0.6) is 0 Å². The van der Waals surface area contributed by atoms with E-state index in [4.69, 9.17) is 0 Å². The summed E-state index contributed by atoms with van der Waals surface area (Å²) < 4.78 is 0. The molecular weight excluding hydrogens is 187 g/mol. The Bertz CT molecular complexity index is 8.00. The molecule has 0 aliphatic heterocycles. The third-order valence-corrected chi connectivity index (χ3v) is 0. The van der Waals surface area contributed by atoms with Gasteiger partial charge in [-0.05, 0) is 0 Å². The summed E-state index contributed by atoms with van der Waals surface area (Å²) in [4.78, 5) is 0. The predicted octanol–water partition coefficient (Wildman–Crippen LogP) is 0.388. The molecule has 0 amide bonds. The number of hydrogen-bond donors (Lipinski definition) is 0. The summed E-state index contributed by atoms with van der Waals surface area (Å²) in [6, 6.07) is 0. The van der Waals surface area contributed by atoms with Crippen LogP contribution in [0.25, 0.3) is 6.15 Å². The van der Waals surface area contributed by atoms with Crippen LogP contribution in [-0.2, 0) is 0 Å². The molecule has 0 aromatic rings. The fraction of sp³-hybridized carbons (Fsp3) is 0. The van der Waals surface area contributed by atoms with E-state index in [1.54, 1.807) is 0 Å². The Hall–Kier alpha value is 1.79. The molecule has 0 radical (unpaired) electrons. The Morgan fingerprint density at radius 2 is 1.00 bits per heavy atom. The van der Waals surface area contributed by atoms with Crippen molar-refractivity contribution in [1.29, 1.82) is 0 Å². The molecule has 16 valence electrons. The molecule has 4 heteroatoms. The van der Waals surface area contributed by atoms with E-state index >= 15 is 0 Å². The summed E-state index contributed by atoms with van der Waals surface area (Å²) in [5, 5.41) is 0. The average Bonchev–Trinajstić information content (AvgIpc) is 0. The first-order valence-electron chi connectivity index (χ1n) is 0. The van der Waals surface area contributed by atoms with Crippen molar-refractivity contribution in [3.63, 3.8) is 0 Å². The van der Waals surface area contributed by atoms with E-state index in [-0.39, 0.29) is 59.3 Å². The van der Waals surface area contributed by atoms with Gasteiger partial charge in [-0.25, -0.2) is 0 Å². The van der Waals surface area contributed by atoms with Crippen molar-refractivity contribution in [1.82, 2.24) is 0 Å². The van der Waals surface area contributed by atoms with Crippen molar-refractivity contribution in [3.8, 4) is 0 Å². The Morgan fingerprint density at radius 1 is 1.00 bits per heavy atom. The molecule has 0 fully saturated rings. The minimum absolute atomic E-state index is 0. The second kappa shape index (κ2) is 21.5. The number of rotatable bonds is 0. The maximum absolute atomic E-state index is 0. The van der Waals surface area contributed by atoms with Gasteiger partial charge in [0.25, 0.3) is 0 Å². The zero-order valence-corrected chi connectivity index (χ0v) is 7.39. The van der Waals surface area contributed by atoms with Crippen LogP contribution in [0.3, 0.4) is 0 Å². The molecule has 0 saturated carbocycles. The maximum atomic E-state index is 0. The maximum Gasteiger partial charge on any atom is 3.00 e. The van der Waals surface area contributed by atoms with Crippen LogP contribution in [0.1, 0.15) is 0 Å². The van der Waals surface area contributed by atoms with Crippen LogP contribution >= 0.6 is 9.90 Å². The molecule has 0 heterocycles. The molecule has 0 N–H and O–H groups in total. The van der Waals surface area contributed by atoms with Gasteiger partial charge in [0.2, 0.25) is 0 Å². The SMILES string of the molecule is [Al+3].[In+3].[N-3].[P-3]. The second-order valence-electron chi connectivity index (χ2n) is 0. The van der Waals surface area contributed by atoms with Gasteiger partial charge in [-0.3, -0.25) is 0 Å². The molecule has 0 bridgehead atoms. The van der Waals surface area contributed by atoms with Gasteiger partial charge in [0.05, 0.1) is 0 Å². The summed E-state index contributed by atoms with van der Waals surface area (Å²) in [6.07, 6.45) is 0. The van der Waals surface area contributed by atoms with E-state index in [9.17, 15) is 0 Å². The Kier molecular flexibility index (Phi) is 222. The minimum atomic E-state index is 0. The van der Waals surface area contributed by atoms with Gasteiger partial charge in [0.15, 0.2) is 0 Å². The third kappa shape index (κ3) is 9.20. The standard InChI is InChI=1S/Al.In.N.P/q2*+3;2*-3. The van der Waals surface area contributed by atoms with Crippen molar-refractivity contribution < 1.29 is 0 Å². The topological polar surface area (TPSA) is 30.5 Å². The van der Waals surface area contributed by atoms with Crippen LogP contribution in [-0.4, -0.2) is 43.2 Å². The molecule has 4 heavy (non-hydrogen) atoms. The Labute approximate surface area is 59.0 Å². The summed E-state index contributed by atoms with van der Waals surface area (Å²) in [7, 11) is 0. The zero-order chi connectivity index (χ0) is 0. The van der Waals surface area contributed by atoms with Crippen LogP contribution in [0.15, 0.2) is 0 Å². The Balaban J connectivity index is 0. The molecule has 0 aromatic carbocycles. The first-order valence-corrected chi connectivity index (χ1v) is 0. The fourth-order valence-corrected chi connectivity index (χ4v) is 0. The smallest absolute Gasteiger partial charge is 3.00 e. The van der Waals surface area contributed by atoms with E-state index < -0.39 is 0 Å². The molecule has 0 unspecified atom stereocenters. The van der Waals surface area contributed by atoms with E-state index in [2.05, 4.69) is 0 Å². The molecule has 0 saturated heterocycles. The first-order chi connectivity index (χ1) is 0. The molecule has 0 atom stereocenters. The van der Waals surface area contributed by atoms with Gasteiger partial charge in [-0.15, -0.1) is 0 Å². The first kappa shape index (κ1) is 41.4. The largest absolute Gasteiger partial charge is 3.00 e. The van der Waals surface area contributed by atoms with Crippen LogP contribution in [0.2, 0.25) is 0 Å². The Morgan fingerprint density at radius 3 is 1.00 bits per heavy atom. The summed E-state index contributed by atoms with van der Waals surface area (Å²) in [5.74, 6) is 0. The van der Waals surface area contributed by atoms with E-state index in [0.717, 1.165) is 0 Å². The molecule has 0 aliphatic carbocycles. The van der Waals surface area contributed by atoms with E-state index in [1.165, 1.54) is 0 Å². The quantitative estimate of drug-likeness (QED) is 0.387.